The fourth-order valence-electron chi connectivity index (χ4n) is 7.60. The van der Waals surface area contributed by atoms with Gasteiger partial charge in [0, 0.05) is 22.3 Å². The second-order valence-electron chi connectivity index (χ2n) is 11.5. The average Bonchev–Trinajstić information content (AvgIpc) is 2.80. The van der Waals surface area contributed by atoms with Gasteiger partial charge >= 0.3 is 0 Å². The molecule has 8 atom stereocenters. The Morgan fingerprint density at radius 3 is 2.24 bits per heavy atom. The van der Waals surface area contributed by atoms with Crippen molar-refractivity contribution in [2.24, 2.45) is 34.5 Å². The molecule has 0 aromatic heterocycles. The SMILES string of the molecule is C=C=Cc1ccc2c(c1O)C(=O)C1C(=O)[C@@]3(O)C(=O)C(C(C)=O)C(=O)C(C(C)C)[C@@]3(C)[C@H](O)[C@@]1(C)[C@@H]2C. The Morgan fingerprint density at radius 2 is 1.73 bits per heavy atom. The molecule has 1 aromatic carbocycles. The zero-order valence-electron chi connectivity index (χ0n) is 21.8. The first-order valence-electron chi connectivity index (χ1n) is 12.3. The van der Waals surface area contributed by atoms with Gasteiger partial charge in [-0.2, -0.15) is 0 Å². The quantitative estimate of drug-likeness (QED) is 0.417. The van der Waals surface area contributed by atoms with E-state index in [2.05, 4.69) is 12.3 Å². The van der Waals surface area contributed by atoms with E-state index in [1.807, 2.05) is 0 Å². The molecule has 0 amide bonds. The average molecular weight is 509 g/mol. The van der Waals surface area contributed by atoms with Crippen molar-refractivity contribution in [3.8, 4) is 5.75 Å². The van der Waals surface area contributed by atoms with Crippen molar-refractivity contribution in [3.05, 3.63) is 41.1 Å². The van der Waals surface area contributed by atoms with Crippen molar-refractivity contribution in [1.82, 2.24) is 0 Å². The lowest BCUT2D eigenvalue weighted by molar-refractivity contribution is -0.240. The van der Waals surface area contributed by atoms with Crippen molar-refractivity contribution in [1.29, 1.82) is 0 Å². The number of Topliss-reactive ketones (excluding diaryl/α,β-unsaturated/α-hetero) is 5. The molecule has 3 N–H and O–H groups in total. The Kier molecular flexibility index (Phi) is 5.92. The summed E-state index contributed by atoms with van der Waals surface area (Å²) in [5, 5.41) is 35.0. The van der Waals surface area contributed by atoms with Crippen LogP contribution in [0.4, 0.5) is 0 Å². The predicted octanol–water partition coefficient (Wildman–Crippen LogP) is 2.42. The summed E-state index contributed by atoms with van der Waals surface area (Å²) in [6, 6.07) is 3.18. The van der Waals surface area contributed by atoms with Gasteiger partial charge in [0.2, 0.25) is 0 Å². The van der Waals surface area contributed by atoms with Crippen molar-refractivity contribution >= 4 is 35.0 Å². The third-order valence-corrected chi connectivity index (χ3v) is 9.51. The predicted molar refractivity (Wildman–Crippen MR) is 133 cm³/mol. The fourth-order valence-corrected chi connectivity index (χ4v) is 7.60. The van der Waals surface area contributed by atoms with E-state index in [1.165, 1.54) is 19.9 Å². The molecule has 0 radical (unpaired) electrons. The maximum absolute atomic E-state index is 14.3. The van der Waals surface area contributed by atoms with Gasteiger partial charge in [0.05, 0.1) is 17.6 Å². The number of aliphatic hydroxyl groups excluding tert-OH is 1. The molecular formula is C29H32O8. The number of aromatic hydroxyl groups is 1. The van der Waals surface area contributed by atoms with Gasteiger partial charge < -0.3 is 15.3 Å². The van der Waals surface area contributed by atoms with Crippen molar-refractivity contribution in [2.75, 3.05) is 0 Å². The maximum atomic E-state index is 14.3. The minimum atomic E-state index is -2.98. The summed E-state index contributed by atoms with van der Waals surface area (Å²) in [6.45, 7) is 12.4. The molecular weight excluding hydrogens is 476 g/mol. The van der Waals surface area contributed by atoms with Crippen LogP contribution in [0.2, 0.25) is 0 Å². The van der Waals surface area contributed by atoms with Crippen LogP contribution in [0.15, 0.2) is 24.4 Å². The van der Waals surface area contributed by atoms with Gasteiger partial charge in [-0.15, -0.1) is 5.73 Å². The number of ketones is 5. The largest absolute Gasteiger partial charge is 0.507 e. The molecule has 37 heavy (non-hydrogen) atoms. The molecule has 3 unspecified atom stereocenters. The van der Waals surface area contributed by atoms with Crippen molar-refractivity contribution < 1.29 is 39.3 Å². The number of phenols is 1. The molecule has 0 spiro atoms. The highest BCUT2D eigenvalue weighted by atomic mass is 16.3. The lowest BCUT2D eigenvalue weighted by Gasteiger charge is -2.65. The molecule has 0 saturated heterocycles. The minimum Gasteiger partial charge on any atom is -0.507 e. The van der Waals surface area contributed by atoms with Gasteiger partial charge in [-0.25, -0.2) is 0 Å². The Bertz CT molecular complexity index is 1330. The van der Waals surface area contributed by atoms with Crippen LogP contribution in [0.5, 0.6) is 5.75 Å². The number of hydrogen-bond acceptors (Lipinski definition) is 8. The van der Waals surface area contributed by atoms with Crippen LogP contribution < -0.4 is 0 Å². The molecule has 0 bridgehead atoms. The molecule has 2 fully saturated rings. The molecule has 1 aromatic rings. The Labute approximate surface area is 215 Å². The topological polar surface area (TPSA) is 146 Å². The summed E-state index contributed by atoms with van der Waals surface area (Å²) in [4.78, 5) is 67.9. The van der Waals surface area contributed by atoms with E-state index in [9.17, 15) is 39.3 Å². The lowest BCUT2D eigenvalue weighted by atomic mass is 9.37. The lowest BCUT2D eigenvalue weighted by Crippen LogP contribution is -2.81. The van der Waals surface area contributed by atoms with Crippen LogP contribution in [0.3, 0.4) is 0 Å². The number of carbonyl (C=O) groups excluding carboxylic acids is 5. The molecule has 0 heterocycles. The monoisotopic (exact) mass is 508 g/mol. The van der Waals surface area contributed by atoms with E-state index in [1.54, 1.807) is 32.9 Å². The number of benzene rings is 1. The van der Waals surface area contributed by atoms with Gasteiger partial charge in [0.25, 0.3) is 0 Å². The molecule has 196 valence electrons. The van der Waals surface area contributed by atoms with Crippen LogP contribution in [0.1, 0.15) is 68.9 Å². The van der Waals surface area contributed by atoms with Gasteiger partial charge in [-0.1, -0.05) is 53.3 Å². The number of phenolic OH excluding ortho intramolecular Hbond substituents is 1. The van der Waals surface area contributed by atoms with Gasteiger partial charge in [0.1, 0.15) is 17.5 Å². The molecule has 3 aliphatic carbocycles. The number of aliphatic hydroxyl groups is 2. The zero-order valence-corrected chi connectivity index (χ0v) is 21.8. The number of fused-ring (bicyclic) bond motifs is 3. The Hall–Kier alpha value is -3.19. The molecule has 0 aliphatic heterocycles. The summed E-state index contributed by atoms with van der Waals surface area (Å²) < 4.78 is 0. The van der Waals surface area contributed by atoms with Gasteiger partial charge in [0.15, 0.2) is 28.7 Å². The first-order chi connectivity index (χ1) is 17.1. The Morgan fingerprint density at radius 1 is 1.14 bits per heavy atom. The van der Waals surface area contributed by atoms with Crippen LogP contribution in [0.25, 0.3) is 6.08 Å². The van der Waals surface area contributed by atoms with Crippen LogP contribution in [0, 0.1) is 34.5 Å². The van der Waals surface area contributed by atoms with E-state index in [-0.39, 0.29) is 11.1 Å². The van der Waals surface area contributed by atoms with Crippen molar-refractivity contribution in [3.63, 3.8) is 0 Å². The second kappa shape index (κ2) is 8.15. The summed E-state index contributed by atoms with van der Waals surface area (Å²) in [5.41, 5.74) is -3.52. The molecule has 4 rings (SSSR count). The standard InChI is InChI=1S/C29H32O8/c1-8-9-15-10-11-16-13(4)27(6)20(23(33)18(16)21(15)31)25(35)29(37)24(34)17(14(5)30)22(32)19(12(2)3)28(29,7)26(27)36/h9-13,17,19-20,26,31,36-37H,1H2,2-7H3/t13-,17?,19?,20?,26-,27+,28+,29+/m1/s1. The zero-order chi connectivity index (χ0) is 28.0. The minimum absolute atomic E-state index is 0.144. The highest BCUT2D eigenvalue weighted by Gasteiger charge is 2.80. The summed E-state index contributed by atoms with van der Waals surface area (Å²) in [6.07, 6.45) is -0.312. The normalized spacial score (nSPS) is 39.0. The van der Waals surface area contributed by atoms with E-state index in [4.69, 9.17) is 0 Å². The smallest absolute Gasteiger partial charge is 0.191 e. The van der Waals surface area contributed by atoms with Crippen LogP contribution in [-0.4, -0.2) is 55.9 Å². The maximum Gasteiger partial charge on any atom is 0.191 e. The van der Waals surface area contributed by atoms with Crippen LogP contribution >= 0.6 is 0 Å². The third kappa shape index (κ3) is 2.89. The fraction of sp³-hybridized carbons (Fsp3) is 0.517. The summed E-state index contributed by atoms with van der Waals surface area (Å²) in [7, 11) is 0. The number of hydrogen-bond donors (Lipinski definition) is 3. The van der Waals surface area contributed by atoms with E-state index in [0.29, 0.717) is 5.56 Å². The van der Waals surface area contributed by atoms with E-state index in [0.717, 1.165) is 6.92 Å². The highest BCUT2D eigenvalue weighted by molar-refractivity contribution is 6.33. The van der Waals surface area contributed by atoms with E-state index >= 15 is 0 Å². The molecule has 3 aliphatic rings. The first kappa shape index (κ1) is 26.9. The van der Waals surface area contributed by atoms with Gasteiger partial charge in [-0.3, -0.25) is 24.0 Å². The molecule has 8 heteroatoms. The summed E-state index contributed by atoms with van der Waals surface area (Å²) >= 11 is 0. The second-order valence-corrected chi connectivity index (χ2v) is 11.5. The van der Waals surface area contributed by atoms with Crippen molar-refractivity contribution in [2.45, 2.75) is 59.2 Å². The highest BCUT2D eigenvalue weighted by Crippen LogP contribution is 2.66. The van der Waals surface area contributed by atoms with Crippen LogP contribution in [-0.2, 0) is 19.2 Å². The number of carbonyl (C=O) groups is 5. The van der Waals surface area contributed by atoms with Gasteiger partial charge in [-0.05, 0) is 30.4 Å². The first-order valence-corrected chi connectivity index (χ1v) is 12.3. The van der Waals surface area contributed by atoms with E-state index < -0.39 is 86.8 Å². The third-order valence-electron chi connectivity index (χ3n) is 9.51. The number of rotatable bonds is 3. The molecule has 8 nitrogen and oxygen atoms in total. The molecule has 2 saturated carbocycles. The summed E-state index contributed by atoms with van der Waals surface area (Å²) in [5.74, 6) is -11.4. The Balaban J connectivity index is 2.08.